The minimum absolute atomic E-state index is 0.246. The number of nitriles is 1. The summed E-state index contributed by atoms with van der Waals surface area (Å²) in [6.07, 6.45) is 0.670. The maximum absolute atomic E-state index is 10.7. The van der Waals surface area contributed by atoms with E-state index in [4.69, 9.17) is 10.4 Å². The van der Waals surface area contributed by atoms with Crippen molar-refractivity contribution < 1.29 is 9.90 Å². The van der Waals surface area contributed by atoms with Gasteiger partial charge in [0, 0.05) is 0 Å². The smallest absolute Gasteiger partial charge is 0.335 e. The van der Waals surface area contributed by atoms with E-state index in [1.165, 1.54) is 0 Å². The normalized spacial score (nSPS) is 10.1. The van der Waals surface area contributed by atoms with Gasteiger partial charge in [-0.3, -0.25) is 0 Å². The summed E-state index contributed by atoms with van der Waals surface area (Å²) >= 11 is 0. The van der Waals surface area contributed by atoms with Crippen LogP contribution in [0.2, 0.25) is 0 Å². The van der Waals surface area contributed by atoms with E-state index in [1.54, 1.807) is 28.9 Å². The van der Waals surface area contributed by atoms with E-state index in [9.17, 15) is 4.79 Å². The zero-order valence-corrected chi connectivity index (χ0v) is 10.4. The minimum Gasteiger partial charge on any atom is -0.478 e. The fourth-order valence-electron chi connectivity index (χ4n) is 1.82. The molecule has 0 aliphatic heterocycles. The molecule has 1 N–H and O–H groups in total. The van der Waals surface area contributed by atoms with Gasteiger partial charge in [0.25, 0.3) is 0 Å². The highest BCUT2D eigenvalue weighted by Crippen LogP contribution is 2.10. The highest BCUT2D eigenvalue weighted by atomic mass is 16.4. The van der Waals surface area contributed by atoms with E-state index in [0.29, 0.717) is 18.7 Å². The van der Waals surface area contributed by atoms with Gasteiger partial charge < -0.3 is 5.11 Å². The van der Waals surface area contributed by atoms with Gasteiger partial charge in [-0.15, -0.1) is 5.10 Å². The summed E-state index contributed by atoms with van der Waals surface area (Å²) in [7, 11) is 0. The molecular weight excluding hydrogens is 244 g/mol. The molecule has 0 atom stereocenters. The van der Waals surface area contributed by atoms with Crippen molar-refractivity contribution in [3.05, 3.63) is 46.8 Å². The monoisotopic (exact) mass is 256 g/mol. The van der Waals surface area contributed by atoms with E-state index in [1.807, 2.05) is 13.0 Å². The molecule has 96 valence electrons. The van der Waals surface area contributed by atoms with Crippen LogP contribution in [0.5, 0.6) is 0 Å². The zero-order valence-electron chi connectivity index (χ0n) is 10.4. The third kappa shape index (κ3) is 2.60. The van der Waals surface area contributed by atoms with E-state index in [2.05, 4.69) is 10.3 Å². The lowest BCUT2D eigenvalue weighted by Crippen LogP contribution is -2.07. The number of benzene rings is 1. The molecule has 0 bridgehead atoms. The van der Waals surface area contributed by atoms with Crippen molar-refractivity contribution in [2.24, 2.45) is 0 Å². The quantitative estimate of drug-likeness (QED) is 0.894. The third-order valence-corrected chi connectivity index (χ3v) is 2.81. The Morgan fingerprint density at radius 2 is 2.11 bits per heavy atom. The molecule has 1 aromatic heterocycles. The molecule has 0 fully saturated rings. The van der Waals surface area contributed by atoms with Crippen LogP contribution in [0.1, 0.15) is 34.2 Å². The molecular formula is C13H12N4O2. The highest BCUT2D eigenvalue weighted by Gasteiger charge is 2.11. The Bertz CT molecular complexity index is 638. The Morgan fingerprint density at radius 1 is 1.42 bits per heavy atom. The third-order valence-electron chi connectivity index (χ3n) is 2.81. The second-order valence-corrected chi connectivity index (χ2v) is 4.01. The number of carboxylic acids is 1. The number of hydrogen-bond donors (Lipinski definition) is 1. The van der Waals surface area contributed by atoms with Crippen LogP contribution < -0.4 is 0 Å². The predicted octanol–water partition coefficient (Wildman–Crippen LogP) is 1.46. The minimum atomic E-state index is -0.951. The average molecular weight is 256 g/mol. The molecule has 0 amide bonds. The van der Waals surface area contributed by atoms with Crippen LogP contribution in [0.15, 0.2) is 24.3 Å². The second kappa shape index (κ2) is 5.31. The molecule has 0 radical (unpaired) electrons. The van der Waals surface area contributed by atoms with Gasteiger partial charge in [0.05, 0.1) is 17.8 Å². The fourth-order valence-corrected chi connectivity index (χ4v) is 1.82. The number of hydrogen-bond acceptors (Lipinski definition) is 4. The van der Waals surface area contributed by atoms with Crippen molar-refractivity contribution in [2.75, 3.05) is 0 Å². The van der Waals surface area contributed by atoms with Crippen molar-refractivity contribution in [2.45, 2.75) is 19.9 Å². The summed E-state index contributed by atoms with van der Waals surface area (Å²) in [5.41, 5.74) is 2.28. The average Bonchev–Trinajstić information content (AvgIpc) is 2.81. The summed E-state index contributed by atoms with van der Waals surface area (Å²) < 4.78 is 1.66. The second-order valence-electron chi connectivity index (χ2n) is 4.01. The Morgan fingerprint density at radius 3 is 2.63 bits per heavy atom. The molecule has 0 aliphatic carbocycles. The fraction of sp³-hybridized carbons (Fsp3) is 0.231. The van der Waals surface area contributed by atoms with E-state index in [0.717, 1.165) is 11.3 Å². The molecule has 2 rings (SSSR count). The summed E-state index contributed by atoms with van der Waals surface area (Å²) in [5.74, 6) is -0.951. The first-order valence-electron chi connectivity index (χ1n) is 5.80. The maximum atomic E-state index is 10.7. The topological polar surface area (TPSA) is 91.8 Å². The summed E-state index contributed by atoms with van der Waals surface area (Å²) in [5, 5.41) is 25.5. The van der Waals surface area contributed by atoms with Gasteiger partial charge in [-0.1, -0.05) is 24.3 Å². The number of rotatable bonds is 4. The van der Waals surface area contributed by atoms with E-state index >= 15 is 0 Å². The summed E-state index contributed by atoms with van der Waals surface area (Å²) in [6, 6.07) is 8.56. The van der Waals surface area contributed by atoms with Crippen LogP contribution in [-0.4, -0.2) is 26.1 Å². The van der Waals surface area contributed by atoms with Gasteiger partial charge in [0.1, 0.15) is 6.07 Å². The largest absolute Gasteiger partial charge is 0.478 e. The van der Waals surface area contributed by atoms with Gasteiger partial charge in [-0.25, -0.2) is 9.48 Å². The Labute approximate surface area is 109 Å². The number of carbonyl (C=O) groups is 1. The van der Waals surface area contributed by atoms with Crippen LogP contribution in [0.25, 0.3) is 0 Å². The molecule has 0 spiro atoms. The SMILES string of the molecule is CCc1c(C#N)nnn1Cc1ccc(C(=O)O)cc1. The lowest BCUT2D eigenvalue weighted by molar-refractivity contribution is 0.0697. The summed E-state index contributed by atoms with van der Waals surface area (Å²) in [4.78, 5) is 10.7. The van der Waals surface area contributed by atoms with E-state index in [-0.39, 0.29) is 5.56 Å². The van der Waals surface area contributed by atoms with E-state index < -0.39 is 5.97 Å². The van der Waals surface area contributed by atoms with Crippen molar-refractivity contribution in [3.63, 3.8) is 0 Å². The van der Waals surface area contributed by atoms with Gasteiger partial charge in [-0.2, -0.15) is 5.26 Å². The maximum Gasteiger partial charge on any atom is 0.335 e. The van der Waals surface area contributed by atoms with Crippen LogP contribution in [0, 0.1) is 11.3 Å². The molecule has 2 aromatic rings. The molecule has 6 heteroatoms. The predicted molar refractivity (Wildman–Crippen MR) is 66.6 cm³/mol. The van der Waals surface area contributed by atoms with Gasteiger partial charge in [0.2, 0.25) is 0 Å². The van der Waals surface area contributed by atoms with Crippen molar-refractivity contribution in [1.29, 1.82) is 5.26 Å². The van der Waals surface area contributed by atoms with Crippen molar-refractivity contribution in [1.82, 2.24) is 15.0 Å². The van der Waals surface area contributed by atoms with Crippen LogP contribution in [-0.2, 0) is 13.0 Å². The van der Waals surface area contributed by atoms with Crippen LogP contribution in [0.4, 0.5) is 0 Å². The Hall–Kier alpha value is -2.68. The first kappa shape index (κ1) is 12.8. The number of nitrogens with zero attached hydrogens (tertiary/aromatic N) is 4. The van der Waals surface area contributed by atoms with Crippen LogP contribution >= 0.6 is 0 Å². The number of carboxylic acid groups (broad SMARTS) is 1. The summed E-state index contributed by atoms with van der Waals surface area (Å²) in [6.45, 7) is 2.40. The molecule has 1 heterocycles. The Kier molecular flexibility index (Phi) is 3.57. The molecule has 0 aliphatic rings. The molecule has 0 unspecified atom stereocenters. The van der Waals surface area contributed by atoms with Gasteiger partial charge >= 0.3 is 5.97 Å². The Balaban J connectivity index is 2.24. The molecule has 0 saturated carbocycles. The molecule has 6 nitrogen and oxygen atoms in total. The molecule has 1 aromatic carbocycles. The van der Waals surface area contributed by atoms with Crippen molar-refractivity contribution >= 4 is 5.97 Å². The van der Waals surface area contributed by atoms with Crippen LogP contribution in [0.3, 0.4) is 0 Å². The first-order chi connectivity index (χ1) is 9.15. The van der Waals surface area contributed by atoms with Crippen molar-refractivity contribution in [3.8, 4) is 6.07 Å². The van der Waals surface area contributed by atoms with Gasteiger partial charge in [-0.05, 0) is 24.1 Å². The lowest BCUT2D eigenvalue weighted by atomic mass is 10.1. The number of aromatic carboxylic acids is 1. The lowest BCUT2D eigenvalue weighted by Gasteiger charge is -2.05. The standard InChI is InChI=1S/C13H12N4O2/c1-2-12-11(7-14)15-16-17(12)8-9-3-5-10(6-4-9)13(18)19/h3-6H,2,8H2,1H3,(H,18,19). The zero-order chi connectivity index (χ0) is 13.8. The highest BCUT2D eigenvalue weighted by molar-refractivity contribution is 5.87. The molecule has 19 heavy (non-hydrogen) atoms. The molecule has 0 saturated heterocycles. The van der Waals surface area contributed by atoms with Gasteiger partial charge in [0.15, 0.2) is 5.69 Å². The first-order valence-corrected chi connectivity index (χ1v) is 5.80. The number of aromatic nitrogens is 3.